The van der Waals surface area contributed by atoms with E-state index in [1.54, 1.807) is 55.5 Å². The summed E-state index contributed by atoms with van der Waals surface area (Å²) < 4.78 is 10.7. The summed E-state index contributed by atoms with van der Waals surface area (Å²) in [6.45, 7) is 5.67. The van der Waals surface area contributed by atoms with Crippen molar-refractivity contribution in [2.75, 3.05) is 11.5 Å². The zero-order valence-corrected chi connectivity index (χ0v) is 20.7. The molecule has 0 aromatic heterocycles. The molecule has 190 valence electrons. The van der Waals surface area contributed by atoms with E-state index in [2.05, 4.69) is 0 Å². The summed E-state index contributed by atoms with van der Waals surface area (Å²) in [6, 6.07) is 17.8. The number of carbonyl (C=O) groups excluding carboxylic acids is 3. The van der Waals surface area contributed by atoms with E-state index in [0.717, 1.165) is 0 Å². The van der Waals surface area contributed by atoms with Crippen molar-refractivity contribution in [1.29, 1.82) is 0 Å². The number of ketones is 1. The van der Waals surface area contributed by atoms with Gasteiger partial charge in [-0.3, -0.25) is 14.5 Å². The summed E-state index contributed by atoms with van der Waals surface area (Å²) in [7, 11) is 0. The third kappa shape index (κ3) is 5.18. The van der Waals surface area contributed by atoms with Gasteiger partial charge in [0, 0.05) is 11.3 Å². The number of Topliss-reactive ketones (excluding diaryl/α,β-unsaturated/α-hetero) is 1. The Bertz CT molecular complexity index is 1360. The highest BCUT2D eigenvalue weighted by atomic mass is 16.5. The normalized spacial score (nSPS) is 16.8. The Labute approximate surface area is 214 Å². The number of aliphatic hydroxyl groups excluding tert-OH is 1. The van der Waals surface area contributed by atoms with Crippen LogP contribution in [0.1, 0.15) is 48.3 Å². The van der Waals surface area contributed by atoms with Crippen molar-refractivity contribution in [1.82, 2.24) is 0 Å². The highest BCUT2D eigenvalue weighted by molar-refractivity contribution is 6.51. The third-order valence-electron chi connectivity index (χ3n) is 5.79. The van der Waals surface area contributed by atoms with Gasteiger partial charge in [0.25, 0.3) is 11.7 Å². The number of hydrogen-bond acceptors (Lipinski definition) is 7. The second-order valence-corrected chi connectivity index (χ2v) is 8.72. The predicted molar refractivity (Wildman–Crippen MR) is 137 cm³/mol. The van der Waals surface area contributed by atoms with Crippen LogP contribution >= 0.6 is 0 Å². The molecule has 0 spiro atoms. The number of phenols is 1. The molecule has 1 aliphatic heterocycles. The van der Waals surface area contributed by atoms with Crippen LogP contribution in [0.15, 0.2) is 78.4 Å². The van der Waals surface area contributed by atoms with Gasteiger partial charge >= 0.3 is 5.97 Å². The smallest absolute Gasteiger partial charge is 0.338 e. The number of amides is 1. The maximum Gasteiger partial charge on any atom is 0.338 e. The molecule has 0 saturated carbocycles. The van der Waals surface area contributed by atoms with Crippen molar-refractivity contribution in [2.45, 2.75) is 32.9 Å². The molecular formula is C29H27NO7. The van der Waals surface area contributed by atoms with Crippen molar-refractivity contribution >= 4 is 29.1 Å². The lowest BCUT2D eigenvalue weighted by Gasteiger charge is -2.25. The number of aliphatic hydroxyl groups is 1. The topological polar surface area (TPSA) is 113 Å². The summed E-state index contributed by atoms with van der Waals surface area (Å²) in [5.74, 6) is -2.04. The SMILES string of the molecule is CCOC(=O)c1ccc(N2C(=O)C(=O)/C(=C(/O)c3cccc(OC(C)C)c3)C2c2ccc(O)cc2)cc1. The highest BCUT2D eigenvalue weighted by Gasteiger charge is 2.47. The molecule has 3 aromatic carbocycles. The summed E-state index contributed by atoms with van der Waals surface area (Å²) in [6.07, 6.45) is -0.0995. The first kappa shape index (κ1) is 25.5. The number of rotatable bonds is 7. The number of hydrogen-bond donors (Lipinski definition) is 2. The molecule has 1 aliphatic rings. The molecule has 0 bridgehead atoms. The maximum absolute atomic E-state index is 13.3. The van der Waals surface area contributed by atoms with Crippen LogP contribution in [0.5, 0.6) is 11.5 Å². The van der Waals surface area contributed by atoms with Gasteiger partial charge in [-0.05, 0) is 74.9 Å². The number of ether oxygens (including phenoxy) is 2. The Balaban J connectivity index is 1.84. The minimum atomic E-state index is -0.983. The van der Waals surface area contributed by atoms with Gasteiger partial charge in [-0.1, -0.05) is 24.3 Å². The summed E-state index contributed by atoms with van der Waals surface area (Å²) in [5.41, 5.74) is 1.36. The molecule has 4 rings (SSSR count). The standard InChI is InChI=1S/C29H27NO7/c1-4-36-29(35)19-8-12-21(13-9-19)30-25(18-10-14-22(31)15-11-18)24(27(33)28(30)34)26(32)20-6-5-7-23(16-20)37-17(2)3/h5-17,25,31-32H,4H2,1-3H3/b26-24+. The van der Waals surface area contributed by atoms with Crippen LogP contribution in [0.25, 0.3) is 5.76 Å². The van der Waals surface area contributed by atoms with E-state index >= 15 is 0 Å². The van der Waals surface area contributed by atoms with Crippen LogP contribution < -0.4 is 9.64 Å². The predicted octanol–water partition coefficient (Wildman–Crippen LogP) is 4.98. The molecule has 37 heavy (non-hydrogen) atoms. The molecule has 3 aromatic rings. The van der Waals surface area contributed by atoms with E-state index in [0.29, 0.717) is 28.1 Å². The highest BCUT2D eigenvalue weighted by Crippen LogP contribution is 2.42. The molecule has 1 unspecified atom stereocenters. The lowest BCUT2D eigenvalue weighted by molar-refractivity contribution is -0.132. The second kappa shape index (κ2) is 10.6. The van der Waals surface area contributed by atoms with E-state index in [1.165, 1.54) is 29.2 Å². The quantitative estimate of drug-likeness (QED) is 0.203. The minimum Gasteiger partial charge on any atom is -0.508 e. The third-order valence-corrected chi connectivity index (χ3v) is 5.79. The van der Waals surface area contributed by atoms with Crippen molar-refractivity contribution < 1.29 is 34.1 Å². The maximum atomic E-state index is 13.3. The van der Waals surface area contributed by atoms with Crippen LogP contribution in [0.4, 0.5) is 5.69 Å². The lowest BCUT2D eigenvalue weighted by Crippen LogP contribution is -2.29. The van der Waals surface area contributed by atoms with Crippen molar-refractivity contribution in [3.8, 4) is 11.5 Å². The van der Waals surface area contributed by atoms with Crippen molar-refractivity contribution in [2.24, 2.45) is 0 Å². The average molecular weight is 502 g/mol. The second-order valence-electron chi connectivity index (χ2n) is 8.72. The molecule has 1 heterocycles. The fourth-order valence-corrected chi connectivity index (χ4v) is 4.19. The Morgan fingerprint density at radius 3 is 2.27 bits per heavy atom. The molecular weight excluding hydrogens is 474 g/mol. The molecule has 0 radical (unpaired) electrons. The van der Waals surface area contributed by atoms with E-state index in [9.17, 15) is 24.6 Å². The number of nitrogens with zero attached hydrogens (tertiary/aromatic N) is 1. The van der Waals surface area contributed by atoms with Gasteiger partial charge in [-0.15, -0.1) is 0 Å². The van der Waals surface area contributed by atoms with Gasteiger partial charge < -0.3 is 19.7 Å². The van der Waals surface area contributed by atoms with E-state index < -0.39 is 23.7 Å². The first-order chi connectivity index (χ1) is 17.7. The molecule has 2 N–H and O–H groups in total. The van der Waals surface area contributed by atoms with Crippen LogP contribution in [-0.4, -0.2) is 40.6 Å². The van der Waals surface area contributed by atoms with E-state index in [-0.39, 0.29) is 29.8 Å². The number of anilines is 1. The van der Waals surface area contributed by atoms with Crippen molar-refractivity contribution in [3.05, 3.63) is 95.1 Å². The number of benzene rings is 3. The van der Waals surface area contributed by atoms with E-state index in [4.69, 9.17) is 9.47 Å². The molecule has 0 aliphatic carbocycles. The number of aromatic hydroxyl groups is 1. The average Bonchev–Trinajstić information content (AvgIpc) is 3.14. The van der Waals surface area contributed by atoms with Gasteiger partial charge in [0.05, 0.1) is 29.9 Å². The summed E-state index contributed by atoms with van der Waals surface area (Å²) in [5, 5.41) is 21.1. The van der Waals surface area contributed by atoms with Crippen LogP contribution in [0.2, 0.25) is 0 Å². The first-order valence-electron chi connectivity index (χ1n) is 11.9. The van der Waals surface area contributed by atoms with Crippen molar-refractivity contribution in [3.63, 3.8) is 0 Å². The molecule has 1 amide bonds. The van der Waals surface area contributed by atoms with Crippen LogP contribution in [0.3, 0.4) is 0 Å². The van der Waals surface area contributed by atoms with Crippen LogP contribution in [0, 0.1) is 0 Å². The zero-order chi connectivity index (χ0) is 26.7. The number of carbonyl (C=O) groups is 3. The lowest BCUT2D eigenvalue weighted by atomic mass is 9.95. The fraction of sp³-hybridized carbons (Fsp3) is 0.207. The monoisotopic (exact) mass is 501 g/mol. The molecule has 8 heteroatoms. The summed E-state index contributed by atoms with van der Waals surface area (Å²) in [4.78, 5) is 40.0. The number of phenolic OH excluding ortho intramolecular Hbond substituents is 1. The largest absolute Gasteiger partial charge is 0.508 e. The van der Waals surface area contributed by atoms with Crippen LogP contribution in [-0.2, 0) is 14.3 Å². The molecule has 1 atom stereocenters. The fourth-order valence-electron chi connectivity index (χ4n) is 4.19. The number of esters is 1. The van der Waals surface area contributed by atoms with E-state index in [1.807, 2.05) is 13.8 Å². The van der Waals surface area contributed by atoms with Gasteiger partial charge in [0.1, 0.15) is 17.3 Å². The van der Waals surface area contributed by atoms with Gasteiger partial charge in [-0.2, -0.15) is 0 Å². The minimum absolute atomic E-state index is 0.0121. The molecule has 1 fully saturated rings. The van der Waals surface area contributed by atoms with Gasteiger partial charge in [-0.25, -0.2) is 4.79 Å². The first-order valence-corrected chi connectivity index (χ1v) is 11.9. The van der Waals surface area contributed by atoms with Gasteiger partial charge in [0.2, 0.25) is 0 Å². The Hall–Kier alpha value is -4.59. The molecule has 8 nitrogen and oxygen atoms in total. The Kier molecular flexibility index (Phi) is 7.29. The zero-order valence-electron chi connectivity index (χ0n) is 20.7. The molecule has 1 saturated heterocycles. The Morgan fingerprint density at radius 1 is 0.973 bits per heavy atom. The van der Waals surface area contributed by atoms with Gasteiger partial charge in [0.15, 0.2) is 0 Å². The Morgan fingerprint density at radius 2 is 1.65 bits per heavy atom. The summed E-state index contributed by atoms with van der Waals surface area (Å²) >= 11 is 0.